The molecule has 1 heterocycles. The van der Waals surface area contributed by atoms with Crippen LogP contribution in [0.3, 0.4) is 0 Å². The molecule has 3 heteroatoms. The normalized spacial score (nSPS) is 19.6. The third-order valence-corrected chi connectivity index (χ3v) is 3.89. The SMILES string of the molecule is CN=C(NCC1CC1)N1CCc2ccccc2C1. The predicted molar refractivity (Wildman–Crippen MR) is 74.6 cm³/mol. The zero-order chi connectivity index (χ0) is 12.4. The van der Waals surface area contributed by atoms with Crippen molar-refractivity contribution < 1.29 is 0 Å². The third kappa shape index (κ3) is 2.50. The van der Waals surface area contributed by atoms with E-state index in [1.54, 1.807) is 0 Å². The summed E-state index contributed by atoms with van der Waals surface area (Å²) in [6, 6.07) is 8.74. The van der Waals surface area contributed by atoms with E-state index >= 15 is 0 Å². The Morgan fingerprint density at radius 2 is 2.11 bits per heavy atom. The first-order chi connectivity index (χ1) is 8.86. The Kier molecular flexibility index (Phi) is 3.22. The highest BCUT2D eigenvalue weighted by molar-refractivity contribution is 5.80. The zero-order valence-electron chi connectivity index (χ0n) is 11.0. The van der Waals surface area contributed by atoms with Gasteiger partial charge in [0.2, 0.25) is 0 Å². The smallest absolute Gasteiger partial charge is 0.193 e. The fourth-order valence-corrected chi connectivity index (χ4v) is 2.57. The Balaban J connectivity index is 1.65. The largest absolute Gasteiger partial charge is 0.356 e. The molecule has 3 rings (SSSR count). The van der Waals surface area contributed by atoms with Crippen LogP contribution in [0.5, 0.6) is 0 Å². The summed E-state index contributed by atoms with van der Waals surface area (Å²) in [5, 5.41) is 3.51. The number of nitrogens with one attached hydrogen (secondary N) is 1. The van der Waals surface area contributed by atoms with E-state index in [1.165, 1.54) is 24.0 Å². The van der Waals surface area contributed by atoms with Crippen LogP contribution in [0.1, 0.15) is 24.0 Å². The highest BCUT2D eigenvalue weighted by Gasteiger charge is 2.23. The number of benzene rings is 1. The molecule has 1 aromatic rings. The average molecular weight is 243 g/mol. The van der Waals surface area contributed by atoms with Crippen LogP contribution < -0.4 is 5.32 Å². The quantitative estimate of drug-likeness (QED) is 0.636. The van der Waals surface area contributed by atoms with Crippen LogP contribution in [-0.4, -0.2) is 31.0 Å². The second kappa shape index (κ2) is 5.01. The predicted octanol–water partition coefficient (Wildman–Crippen LogP) is 2.03. The van der Waals surface area contributed by atoms with Crippen molar-refractivity contribution in [3.8, 4) is 0 Å². The van der Waals surface area contributed by atoms with E-state index in [0.717, 1.165) is 37.9 Å². The lowest BCUT2D eigenvalue weighted by atomic mass is 10.0. The molecule has 0 amide bonds. The molecule has 3 nitrogen and oxygen atoms in total. The van der Waals surface area contributed by atoms with E-state index in [9.17, 15) is 0 Å². The number of guanidine groups is 1. The van der Waals surface area contributed by atoms with Crippen molar-refractivity contribution in [3.05, 3.63) is 35.4 Å². The first kappa shape index (κ1) is 11.6. The summed E-state index contributed by atoms with van der Waals surface area (Å²) in [4.78, 5) is 6.78. The molecule has 1 N–H and O–H groups in total. The van der Waals surface area contributed by atoms with Crippen LogP contribution in [0.2, 0.25) is 0 Å². The van der Waals surface area contributed by atoms with Crippen LogP contribution in [0.4, 0.5) is 0 Å². The van der Waals surface area contributed by atoms with Gasteiger partial charge in [-0.15, -0.1) is 0 Å². The fraction of sp³-hybridized carbons (Fsp3) is 0.533. The fourth-order valence-electron chi connectivity index (χ4n) is 2.57. The molecule has 1 aliphatic carbocycles. The van der Waals surface area contributed by atoms with Gasteiger partial charge >= 0.3 is 0 Å². The molecular formula is C15H21N3. The van der Waals surface area contributed by atoms with Gasteiger partial charge in [0, 0.05) is 26.7 Å². The molecule has 0 atom stereocenters. The maximum atomic E-state index is 4.42. The second-order valence-electron chi connectivity index (χ2n) is 5.31. The minimum atomic E-state index is 0.888. The van der Waals surface area contributed by atoms with Gasteiger partial charge in [0.05, 0.1) is 0 Å². The number of nitrogens with zero attached hydrogens (tertiary/aromatic N) is 2. The van der Waals surface area contributed by atoms with E-state index in [-0.39, 0.29) is 0 Å². The Bertz CT molecular complexity index is 449. The lowest BCUT2D eigenvalue weighted by molar-refractivity contribution is 0.378. The minimum Gasteiger partial charge on any atom is -0.356 e. The number of fused-ring (bicyclic) bond motifs is 1. The molecular weight excluding hydrogens is 222 g/mol. The van der Waals surface area contributed by atoms with E-state index in [4.69, 9.17) is 0 Å². The van der Waals surface area contributed by atoms with Crippen molar-refractivity contribution in [3.63, 3.8) is 0 Å². The van der Waals surface area contributed by atoms with Crippen molar-refractivity contribution in [2.24, 2.45) is 10.9 Å². The van der Waals surface area contributed by atoms with Gasteiger partial charge in [0.1, 0.15) is 0 Å². The molecule has 96 valence electrons. The monoisotopic (exact) mass is 243 g/mol. The van der Waals surface area contributed by atoms with Crippen LogP contribution in [0, 0.1) is 5.92 Å². The Hall–Kier alpha value is -1.51. The van der Waals surface area contributed by atoms with E-state index in [2.05, 4.69) is 39.5 Å². The highest BCUT2D eigenvalue weighted by Crippen LogP contribution is 2.27. The summed E-state index contributed by atoms with van der Waals surface area (Å²) in [7, 11) is 1.88. The minimum absolute atomic E-state index is 0.888. The average Bonchev–Trinajstić information content (AvgIpc) is 3.23. The molecule has 0 saturated heterocycles. The maximum Gasteiger partial charge on any atom is 0.193 e. The third-order valence-electron chi connectivity index (χ3n) is 3.89. The van der Waals surface area contributed by atoms with Gasteiger partial charge < -0.3 is 10.2 Å². The number of rotatable bonds is 2. The summed E-state index contributed by atoms with van der Waals surface area (Å²) in [6.07, 6.45) is 3.89. The van der Waals surface area contributed by atoms with E-state index in [1.807, 2.05) is 7.05 Å². The summed E-state index contributed by atoms with van der Waals surface area (Å²) in [5.41, 5.74) is 2.93. The lowest BCUT2D eigenvalue weighted by Crippen LogP contribution is -2.44. The molecule has 0 radical (unpaired) electrons. The Labute approximate surface area is 109 Å². The van der Waals surface area contributed by atoms with Gasteiger partial charge in [-0.2, -0.15) is 0 Å². The van der Waals surface area contributed by atoms with Crippen molar-refractivity contribution >= 4 is 5.96 Å². The molecule has 0 unspecified atom stereocenters. The number of hydrogen-bond donors (Lipinski definition) is 1. The van der Waals surface area contributed by atoms with Gasteiger partial charge in [-0.1, -0.05) is 24.3 Å². The van der Waals surface area contributed by atoms with Crippen LogP contribution in [0.25, 0.3) is 0 Å². The van der Waals surface area contributed by atoms with Gasteiger partial charge in [0.15, 0.2) is 5.96 Å². The summed E-state index contributed by atoms with van der Waals surface area (Å²) < 4.78 is 0. The molecule has 0 spiro atoms. The maximum absolute atomic E-state index is 4.42. The summed E-state index contributed by atoms with van der Waals surface area (Å²) in [5.74, 6) is 1.95. The number of aliphatic imine (C=N–C) groups is 1. The molecule has 0 bridgehead atoms. The van der Waals surface area contributed by atoms with Gasteiger partial charge in [-0.3, -0.25) is 4.99 Å². The van der Waals surface area contributed by atoms with Crippen molar-refractivity contribution in [1.82, 2.24) is 10.2 Å². The first-order valence-corrected chi connectivity index (χ1v) is 6.89. The summed E-state index contributed by atoms with van der Waals surface area (Å²) in [6.45, 7) is 3.15. The molecule has 1 aromatic carbocycles. The molecule has 18 heavy (non-hydrogen) atoms. The van der Waals surface area contributed by atoms with Crippen LogP contribution >= 0.6 is 0 Å². The zero-order valence-corrected chi connectivity index (χ0v) is 11.0. The van der Waals surface area contributed by atoms with Gasteiger partial charge in [0.25, 0.3) is 0 Å². The van der Waals surface area contributed by atoms with E-state index < -0.39 is 0 Å². The Morgan fingerprint density at radius 1 is 1.33 bits per heavy atom. The topological polar surface area (TPSA) is 27.6 Å². The highest BCUT2D eigenvalue weighted by atomic mass is 15.3. The van der Waals surface area contributed by atoms with E-state index in [0.29, 0.717) is 0 Å². The molecule has 2 aliphatic rings. The van der Waals surface area contributed by atoms with Crippen molar-refractivity contribution in [1.29, 1.82) is 0 Å². The number of hydrogen-bond acceptors (Lipinski definition) is 1. The van der Waals surface area contributed by atoms with Gasteiger partial charge in [-0.05, 0) is 36.3 Å². The molecule has 1 aliphatic heterocycles. The second-order valence-corrected chi connectivity index (χ2v) is 5.31. The van der Waals surface area contributed by atoms with Gasteiger partial charge in [-0.25, -0.2) is 0 Å². The lowest BCUT2D eigenvalue weighted by Gasteiger charge is -2.31. The molecule has 1 fully saturated rings. The summed E-state index contributed by atoms with van der Waals surface area (Å²) >= 11 is 0. The molecule has 0 aromatic heterocycles. The van der Waals surface area contributed by atoms with Crippen molar-refractivity contribution in [2.45, 2.75) is 25.8 Å². The first-order valence-electron chi connectivity index (χ1n) is 6.89. The van der Waals surface area contributed by atoms with Crippen LogP contribution in [-0.2, 0) is 13.0 Å². The Morgan fingerprint density at radius 3 is 2.83 bits per heavy atom. The standard InChI is InChI=1S/C15H21N3/c1-16-15(17-10-12-6-7-12)18-9-8-13-4-2-3-5-14(13)11-18/h2-5,12H,6-11H2,1H3,(H,16,17). The van der Waals surface area contributed by atoms with Crippen molar-refractivity contribution in [2.75, 3.05) is 20.1 Å². The van der Waals surface area contributed by atoms with Crippen LogP contribution in [0.15, 0.2) is 29.3 Å². The molecule has 1 saturated carbocycles.